The number of aromatic nitrogens is 2. The molecule has 0 radical (unpaired) electrons. The van der Waals surface area contributed by atoms with E-state index in [1.54, 1.807) is 6.07 Å². The van der Waals surface area contributed by atoms with Gasteiger partial charge in [0.25, 0.3) is 5.91 Å². The number of aromatic amines is 1. The first-order valence-corrected chi connectivity index (χ1v) is 7.59. The van der Waals surface area contributed by atoms with Crippen molar-refractivity contribution in [3.05, 3.63) is 65.9 Å². The largest absolute Gasteiger partial charge is 0.451 e. The average Bonchev–Trinajstić information content (AvgIpc) is 3.04. The number of ether oxygens (including phenoxy) is 1. The smallest absolute Gasteiger partial charge is 0.359 e. The van der Waals surface area contributed by atoms with Crippen LogP contribution in [-0.2, 0) is 9.53 Å². The summed E-state index contributed by atoms with van der Waals surface area (Å²) >= 11 is 0. The summed E-state index contributed by atoms with van der Waals surface area (Å²) in [5.41, 5.74) is 1.90. The van der Waals surface area contributed by atoms with Crippen LogP contribution in [0.5, 0.6) is 0 Å². The number of H-pyrrole nitrogens is 1. The van der Waals surface area contributed by atoms with Gasteiger partial charge in [0, 0.05) is 5.39 Å². The Balaban J connectivity index is 1.57. The molecule has 0 saturated heterocycles. The molecular weight excluding hydrogens is 306 g/mol. The Labute approximate surface area is 138 Å². The van der Waals surface area contributed by atoms with E-state index in [-0.39, 0.29) is 24.2 Å². The van der Waals surface area contributed by atoms with E-state index in [0.29, 0.717) is 5.39 Å². The molecule has 0 fully saturated rings. The van der Waals surface area contributed by atoms with E-state index in [1.807, 2.05) is 55.5 Å². The van der Waals surface area contributed by atoms with Crippen LogP contribution in [0.1, 0.15) is 29.0 Å². The number of benzene rings is 2. The monoisotopic (exact) mass is 323 g/mol. The van der Waals surface area contributed by atoms with Crippen molar-refractivity contribution in [1.29, 1.82) is 0 Å². The lowest BCUT2D eigenvalue weighted by molar-refractivity contribution is -0.124. The maximum atomic E-state index is 12.1. The van der Waals surface area contributed by atoms with Gasteiger partial charge in [-0.15, -0.1) is 0 Å². The molecule has 0 aliphatic carbocycles. The minimum Gasteiger partial charge on any atom is -0.451 e. The van der Waals surface area contributed by atoms with Crippen molar-refractivity contribution in [3.8, 4) is 0 Å². The van der Waals surface area contributed by atoms with Gasteiger partial charge in [-0.05, 0) is 18.6 Å². The van der Waals surface area contributed by atoms with Crippen molar-refractivity contribution in [2.75, 3.05) is 6.61 Å². The van der Waals surface area contributed by atoms with Crippen LogP contribution in [-0.4, -0.2) is 28.7 Å². The van der Waals surface area contributed by atoms with Gasteiger partial charge in [-0.1, -0.05) is 48.5 Å². The maximum absolute atomic E-state index is 12.1. The van der Waals surface area contributed by atoms with Gasteiger partial charge in [0.2, 0.25) is 0 Å². The van der Waals surface area contributed by atoms with E-state index >= 15 is 0 Å². The highest BCUT2D eigenvalue weighted by Crippen LogP contribution is 2.16. The van der Waals surface area contributed by atoms with Crippen molar-refractivity contribution in [2.45, 2.75) is 13.0 Å². The normalized spacial score (nSPS) is 11.9. The number of fused-ring (bicyclic) bond motifs is 1. The third-order valence-electron chi connectivity index (χ3n) is 3.68. The lowest BCUT2D eigenvalue weighted by Gasteiger charge is -2.14. The van der Waals surface area contributed by atoms with Gasteiger partial charge < -0.3 is 10.1 Å². The van der Waals surface area contributed by atoms with Gasteiger partial charge in [-0.2, -0.15) is 5.10 Å². The van der Waals surface area contributed by atoms with Gasteiger partial charge in [0.05, 0.1) is 11.6 Å². The Kier molecular flexibility index (Phi) is 4.56. The summed E-state index contributed by atoms with van der Waals surface area (Å²) in [6.45, 7) is 1.52. The highest BCUT2D eigenvalue weighted by atomic mass is 16.5. The van der Waals surface area contributed by atoms with Crippen LogP contribution in [0.3, 0.4) is 0 Å². The minimum absolute atomic E-state index is 0.163. The lowest BCUT2D eigenvalue weighted by Crippen LogP contribution is -2.31. The van der Waals surface area contributed by atoms with Crippen molar-refractivity contribution < 1.29 is 14.3 Å². The topological polar surface area (TPSA) is 84.1 Å². The molecule has 0 saturated carbocycles. The second-order valence-corrected chi connectivity index (χ2v) is 5.39. The molecule has 6 heteroatoms. The highest BCUT2D eigenvalue weighted by Gasteiger charge is 2.17. The SMILES string of the molecule is C[C@@H](NC(=O)COC(=O)c1n[nH]c2ccccc12)c1ccccc1. The van der Waals surface area contributed by atoms with Crippen molar-refractivity contribution in [2.24, 2.45) is 0 Å². The molecule has 0 bridgehead atoms. The number of nitrogens with zero attached hydrogens (tertiary/aromatic N) is 1. The van der Waals surface area contributed by atoms with E-state index in [9.17, 15) is 9.59 Å². The van der Waals surface area contributed by atoms with E-state index in [0.717, 1.165) is 11.1 Å². The van der Waals surface area contributed by atoms with E-state index < -0.39 is 5.97 Å². The zero-order valence-electron chi connectivity index (χ0n) is 13.2. The number of esters is 1. The fourth-order valence-electron chi connectivity index (χ4n) is 2.43. The van der Waals surface area contributed by atoms with Crippen molar-refractivity contribution in [3.63, 3.8) is 0 Å². The fourth-order valence-corrected chi connectivity index (χ4v) is 2.43. The molecule has 0 aliphatic heterocycles. The van der Waals surface area contributed by atoms with E-state index in [4.69, 9.17) is 4.74 Å². The zero-order valence-corrected chi connectivity index (χ0v) is 13.2. The van der Waals surface area contributed by atoms with Crippen LogP contribution in [0, 0.1) is 0 Å². The number of carbonyl (C=O) groups is 2. The van der Waals surface area contributed by atoms with Crippen molar-refractivity contribution >= 4 is 22.8 Å². The van der Waals surface area contributed by atoms with Gasteiger partial charge in [-0.25, -0.2) is 4.79 Å². The summed E-state index contributed by atoms with van der Waals surface area (Å²) in [6.07, 6.45) is 0. The molecule has 0 unspecified atom stereocenters. The van der Waals surface area contributed by atoms with Crippen LogP contribution in [0.4, 0.5) is 0 Å². The maximum Gasteiger partial charge on any atom is 0.359 e. The van der Waals surface area contributed by atoms with Crippen LogP contribution < -0.4 is 5.32 Å². The quantitative estimate of drug-likeness (QED) is 0.707. The second kappa shape index (κ2) is 6.95. The third-order valence-corrected chi connectivity index (χ3v) is 3.68. The second-order valence-electron chi connectivity index (χ2n) is 5.39. The van der Waals surface area contributed by atoms with Gasteiger partial charge in [0.15, 0.2) is 12.3 Å². The van der Waals surface area contributed by atoms with Crippen molar-refractivity contribution in [1.82, 2.24) is 15.5 Å². The van der Waals surface area contributed by atoms with Crippen LogP contribution in [0.25, 0.3) is 10.9 Å². The first-order valence-electron chi connectivity index (χ1n) is 7.59. The van der Waals surface area contributed by atoms with Crippen LogP contribution >= 0.6 is 0 Å². The Morgan fingerprint density at radius 2 is 1.83 bits per heavy atom. The summed E-state index contributed by atoms with van der Waals surface area (Å²) in [7, 11) is 0. The van der Waals surface area contributed by atoms with E-state index in [2.05, 4.69) is 15.5 Å². The Morgan fingerprint density at radius 1 is 1.12 bits per heavy atom. The Hall–Kier alpha value is -3.15. The molecule has 1 amide bonds. The average molecular weight is 323 g/mol. The minimum atomic E-state index is -0.630. The molecule has 3 aromatic rings. The molecule has 1 atom stereocenters. The molecule has 0 spiro atoms. The number of nitrogens with one attached hydrogen (secondary N) is 2. The summed E-state index contributed by atoms with van der Waals surface area (Å²) in [5.74, 6) is -0.991. The standard InChI is InChI=1S/C18H17N3O3/c1-12(13-7-3-2-4-8-13)19-16(22)11-24-18(23)17-14-9-5-6-10-15(14)20-21-17/h2-10,12H,11H2,1H3,(H,19,22)(H,20,21)/t12-/m1/s1. The molecule has 1 aromatic heterocycles. The molecule has 24 heavy (non-hydrogen) atoms. The summed E-state index contributed by atoms with van der Waals surface area (Å²) in [6, 6.07) is 16.6. The number of para-hydroxylation sites is 1. The molecule has 0 aliphatic rings. The molecule has 6 nitrogen and oxygen atoms in total. The first kappa shape index (κ1) is 15.7. The Bertz CT molecular complexity index is 858. The van der Waals surface area contributed by atoms with Crippen LogP contribution in [0.15, 0.2) is 54.6 Å². The number of amides is 1. The molecular formula is C18H17N3O3. The van der Waals surface area contributed by atoms with E-state index in [1.165, 1.54) is 0 Å². The number of carbonyl (C=O) groups excluding carboxylic acids is 2. The first-order chi connectivity index (χ1) is 11.6. The van der Waals surface area contributed by atoms with Gasteiger partial charge in [-0.3, -0.25) is 9.89 Å². The number of rotatable bonds is 5. The van der Waals surface area contributed by atoms with Gasteiger partial charge in [0.1, 0.15) is 0 Å². The highest BCUT2D eigenvalue weighted by molar-refractivity contribution is 6.02. The Morgan fingerprint density at radius 3 is 2.62 bits per heavy atom. The number of hydrogen-bond donors (Lipinski definition) is 2. The predicted octanol–water partition coefficient (Wildman–Crippen LogP) is 2.60. The molecule has 2 aromatic carbocycles. The zero-order chi connectivity index (χ0) is 16.9. The third kappa shape index (κ3) is 3.43. The number of hydrogen-bond acceptors (Lipinski definition) is 4. The predicted molar refractivity (Wildman–Crippen MR) is 89.4 cm³/mol. The van der Waals surface area contributed by atoms with Gasteiger partial charge >= 0.3 is 5.97 Å². The molecule has 3 rings (SSSR count). The summed E-state index contributed by atoms with van der Waals surface area (Å²) in [4.78, 5) is 24.0. The van der Waals surface area contributed by atoms with Crippen LogP contribution in [0.2, 0.25) is 0 Å². The summed E-state index contributed by atoms with van der Waals surface area (Å²) < 4.78 is 5.06. The fraction of sp³-hybridized carbons (Fsp3) is 0.167. The molecule has 1 heterocycles. The molecule has 122 valence electrons. The molecule has 2 N–H and O–H groups in total. The summed E-state index contributed by atoms with van der Waals surface area (Å²) in [5, 5.41) is 10.2. The lowest BCUT2D eigenvalue weighted by atomic mass is 10.1.